The number of methoxy groups -OCH3 is 1. The van der Waals surface area contributed by atoms with Gasteiger partial charge in [0.1, 0.15) is 0 Å². The highest BCUT2D eigenvalue weighted by molar-refractivity contribution is 6.06. The van der Waals surface area contributed by atoms with E-state index >= 15 is 0 Å². The predicted molar refractivity (Wildman–Crippen MR) is 95.3 cm³/mol. The van der Waals surface area contributed by atoms with Crippen LogP contribution in [0.25, 0.3) is 0 Å². The van der Waals surface area contributed by atoms with E-state index in [9.17, 15) is 14.9 Å². The third-order valence-electron chi connectivity index (χ3n) is 4.38. The Hall–Kier alpha value is -2.94. The standard InChI is InChI=1S/C17H21N5O4/c1-26-17-15(22(24)25)14(19-20-17)16(23)18-13-7-5-12(6-8-13)11-21-9-3-2-4-10-21/h5-8H,2-4,9-11H2,1H3,(H,18,23)(H,19,20). The van der Waals surface area contributed by atoms with Crippen LogP contribution in [0.15, 0.2) is 24.3 Å². The molecule has 2 heterocycles. The highest BCUT2D eigenvalue weighted by Crippen LogP contribution is 2.28. The second-order valence-corrected chi connectivity index (χ2v) is 6.20. The Morgan fingerprint density at radius 3 is 2.62 bits per heavy atom. The van der Waals surface area contributed by atoms with Gasteiger partial charge < -0.3 is 10.1 Å². The molecule has 1 aromatic carbocycles. The molecule has 3 rings (SSSR count). The fraction of sp³-hybridized carbons (Fsp3) is 0.412. The van der Waals surface area contributed by atoms with Crippen LogP contribution in [0.3, 0.4) is 0 Å². The van der Waals surface area contributed by atoms with Crippen molar-refractivity contribution in [2.24, 2.45) is 0 Å². The molecule has 0 aliphatic carbocycles. The summed E-state index contributed by atoms with van der Waals surface area (Å²) >= 11 is 0. The summed E-state index contributed by atoms with van der Waals surface area (Å²) in [6.07, 6.45) is 3.77. The molecule has 0 atom stereocenters. The van der Waals surface area contributed by atoms with Gasteiger partial charge in [0.25, 0.3) is 5.91 Å². The van der Waals surface area contributed by atoms with E-state index in [-0.39, 0.29) is 11.6 Å². The van der Waals surface area contributed by atoms with Crippen LogP contribution in [0, 0.1) is 10.1 Å². The molecule has 0 bridgehead atoms. The summed E-state index contributed by atoms with van der Waals surface area (Å²) in [5, 5.41) is 19.8. The third-order valence-corrected chi connectivity index (χ3v) is 4.38. The SMILES string of the molecule is COc1n[nH]c(C(=O)Nc2ccc(CN3CCCCC3)cc2)c1[N+](=O)[O-]. The van der Waals surface area contributed by atoms with Crippen molar-refractivity contribution in [3.8, 4) is 5.88 Å². The predicted octanol–water partition coefficient (Wildman–Crippen LogP) is 2.56. The van der Waals surface area contributed by atoms with E-state index in [2.05, 4.69) is 20.4 Å². The third kappa shape index (κ3) is 3.99. The number of aromatic amines is 1. The molecule has 138 valence electrons. The molecule has 0 saturated carbocycles. The molecule has 9 heteroatoms. The van der Waals surface area contributed by atoms with Crippen LogP contribution in [0.5, 0.6) is 5.88 Å². The molecular weight excluding hydrogens is 338 g/mol. The molecule has 26 heavy (non-hydrogen) atoms. The zero-order chi connectivity index (χ0) is 18.5. The number of nitrogens with one attached hydrogen (secondary N) is 2. The van der Waals surface area contributed by atoms with E-state index in [0.29, 0.717) is 5.69 Å². The fourth-order valence-electron chi connectivity index (χ4n) is 3.05. The maximum atomic E-state index is 12.3. The lowest BCUT2D eigenvalue weighted by atomic mass is 10.1. The van der Waals surface area contributed by atoms with Crippen LogP contribution < -0.4 is 10.1 Å². The van der Waals surface area contributed by atoms with Crippen molar-refractivity contribution >= 4 is 17.3 Å². The van der Waals surface area contributed by atoms with Crippen molar-refractivity contribution in [3.05, 3.63) is 45.6 Å². The Balaban J connectivity index is 1.66. The highest BCUT2D eigenvalue weighted by Gasteiger charge is 2.30. The lowest BCUT2D eigenvalue weighted by Gasteiger charge is -2.26. The maximum Gasteiger partial charge on any atom is 0.362 e. The number of hydrogen-bond acceptors (Lipinski definition) is 6. The number of amides is 1. The summed E-state index contributed by atoms with van der Waals surface area (Å²) in [5.74, 6) is -0.867. The molecule has 1 aliphatic heterocycles. The van der Waals surface area contributed by atoms with E-state index in [1.54, 1.807) is 12.1 Å². The molecule has 1 fully saturated rings. The summed E-state index contributed by atoms with van der Waals surface area (Å²) in [4.78, 5) is 25.2. The van der Waals surface area contributed by atoms with Crippen molar-refractivity contribution in [1.29, 1.82) is 0 Å². The number of piperidine rings is 1. The number of hydrogen-bond donors (Lipinski definition) is 2. The number of rotatable bonds is 6. The number of carbonyl (C=O) groups excluding carboxylic acids is 1. The molecule has 9 nitrogen and oxygen atoms in total. The average Bonchev–Trinajstić information content (AvgIpc) is 3.09. The quantitative estimate of drug-likeness (QED) is 0.605. The van der Waals surface area contributed by atoms with Crippen LogP contribution in [0.2, 0.25) is 0 Å². The second-order valence-electron chi connectivity index (χ2n) is 6.20. The van der Waals surface area contributed by atoms with E-state index in [4.69, 9.17) is 4.74 Å². The molecule has 0 radical (unpaired) electrons. The van der Waals surface area contributed by atoms with Crippen LogP contribution >= 0.6 is 0 Å². The summed E-state index contributed by atoms with van der Waals surface area (Å²) in [6.45, 7) is 3.12. The first-order valence-electron chi connectivity index (χ1n) is 8.48. The van der Waals surface area contributed by atoms with Gasteiger partial charge in [-0.15, -0.1) is 5.10 Å². The van der Waals surface area contributed by atoms with Crippen molar-refractivity contribution in [3.63, 3.8) is 0 Å². The van der Waals surface area contributed by atoms with E-state index in [1.807, 2.05) is 12.1 Å². The molecule has 1 aliphatic rings. The Morgan fingerprint density at radius 2 is 2.00 bits per heavy atom. The number of ether oxygens (including phenoxy) is 1. The van der Waals surface area contributed by atoms with Crippen LogP contribution in [0.4, 0.5) is 11.4 Å². The van der Waals surface area contributed by atoms with Crippen LogP contribution in [0.1, 0.15) is 35.3 Å². The van der Waals surface area contributed by atoms with Crippen molar-refractivity contribution in [2.45, 2.75) is 25.8 Å². The smallest absolute Gasteiger partial charge is 0.362 e. The van der Waals surface area contributed by atoms with Gasteiger partial charge in [-0.3, -0.25) is 24.9 Å². The van der Waals surface area contributed by atoms with Crippen LogP contribution in [-0.2, 0) is 6.54 Å². The first-order valence-corrected chi connectivity index (χ1v) is 8.48. The van der Waals surface area contributed by atoms with Gasteiger partial charge in [0, 0.05) is 12.2 Å². The van der Waals surface area contributed by atoms with Gasteiger partial charge in [0.2, 0.25) is 5.69 Å². The summed E-state index contributed by atoms with van der Waals surface area (Å²) in [5.41, 5.74) is 0.996. The zero-order valence-corrected chi connectivity index (χ0v) is 14.5. The Labute approximate surface area is 150 Å². The van der Waals surface area contributed by atoms with Gasteiger partial charge in [-0.2, -0.15) is 0 Å². The lowest BCUT2D eigenvalue weighted by molar-refractivity contribution is -0.386. The van der Waals surface area contributed by atoms with E-state index < -0.39 is 16.5 Å². The van der Waals surface area contributed by atoms with Crippen molar-refractivity contribution in [2.75, 3.05) is 25.5 Å². The normalized spacial score (nSPS) is 14.8. The highest BCUT2D eigenvalue weighted by atomic mass is 16.6. The number of anilines is 1. The van der Waals surface area contributed by atoms with Gasteiger partial charge >= 0.3 is 11.6 Å². The van der Waals surface area contributed by atoms with Gasteiger partial charge in [-0.1, -0.05) is 18.6 Å². The zero-order valence-electron chi connectivity index (χ0n) is 14.5. The minimum atomic E-state index is -0.695. The minimum Gasteiger partial charge on any atom is -0.475 e. The monoisotopic (exact) mass is 359 g/mol. The molecule has 2 N–H and O–H groups in total. The number of aromatic nitrogens is 2. The number of nitrogens with zero attached hydrogens (tertiary/aromatic N) is 3. The van der Waals surface area contributed by atoms with Gasteiger partial charge in [0.15, 0.2) is 0 Å². The molecule has 2 aromatic rings. The Morgan fingerprint density at radius 1 is 1.31 bits per heavy atom. The lowest BCUT2D eigenvalue weighted by Crippen LogP contribution is -2.29. The molecule has 0 unspecified atom stereocenters. The van der Waals surface area contributed by atoms with Gasteiger partial charge in [0.05, 0.1) is 12.0 Å². The largest absolute Gasteiger partial charge is 0.475 e. The van der Waals surface area contributed by atoms with Gasteiger partial charge in [-0.25, -0.2) is 0 Å². The van der Waals surface area contributed by atoms with E-state index in [1.165, 1.54) is 31.9 Å². The summed E-state index contributed by atoms with van der Waals surface area (Å²) < 4.78 is 4.81. The maximum absolute atomic E-state index is 12.3. The Kier molecular flexibility index (Phi) is 5.47. The first kappa shape index (κ1) is 17.9. The number of carbonyl (C=O) groups is 1. The van der Waals surface area contributed by atoms with Crippen LogP contribution in [-0.4, -0.2) is 46.1 Å². The topological polar surface area (TPSA) is 113 Å². The number of likely N-dealkylation sites (tertiary alicyclic amines) is 1. The molecular formula is C17H21N5O4. The number of H-pyrrole nitrogens is 1. The molecule has 1 amide bonds. The summed E-state index contributed by atoms with van der Waals surface area (Å²) in [6, 6.07) is 7.48. The molecule has 1 aromatic heterocycles. The number of benzene rings is 1. The van der Waals surface area contributed by atoms with Crippen molar-refractivity contribution in [1.82, 2.24) is 15.1 Å². The summed E-state index contributed by atoms with van der Waals surface area (Å²) in [7, 11) is 1.26. The molecule has 1 saturated heterocycles. The average molecular weight is 359 g/mol. The van der Waals surface area contributed by atoms with Gasteiger partial charge in [-0.05, 0) is 43.6 Å². The van der Waals surface area contributed by atoms with Crippen molar-refractivity contribution < 1.29 is 14.5 Å². The van der Waals surface area contributed by atoms with E-state index in [0.717, 1.165) is 19.6 Å². The number of nitro groups is 1. The Bertz CT molecular complexity index is 781. The fourth-order valence-corrected chi connectivity index (χ4v) is 3.05. The first-order chi connectivity index (χ1) is 12.6. The molecule has 0 spiro atoms. The second kappa shape index (κ2) is 7.96. The minimum absolute atomic E-state index is 0.225.